The molecule has 0 atom stereocenters. The van der Waals surface area contributed by atoms with Crippen LogP contribution < -0.4 is 20.1 Å². The van der Waals surface area contributed by atoms with Crippen LogP contribution in [0.3, 0.4) is 0 Å². The third-order valence-electron chi connectivity index (χ3n) is 5.47. The molecule has 1 saturated heterocycles. The number of allylic oxidation sites excluding steroid dienone is 6. The highest BCUT2D eigenvalue weighted by molar-refractivity contribution is 6.00. The molecule has 4 rings (SSSR count). The molecule has 6 nitrogen and oxygen atoms in total. The summed E-state index contributed by atoms with van der Waals surface area (Å²) in [6.45, 7) is 2.04. The summed E-state index contributed by atoms with van der Waals surface area (Å²) in [5.41, 5.74) is 3.50. The van der Waals surface area contributed by atoms with Crippen molar-refractivity contribution < 1.29 is 14.3 Å². The Labute approximate surface area is 177 Å². The zero-order valence-corrected chi connectivity index (χ0v) is 17.4. The van der Waals surface area contributed by atoms with Crippen molar-refractivity contribution in [1.82, 2.24) is 15.5 Å². The Morgan fingerprint density at radius 1 is 1.07 bits per heavy atom. The number of fused-ring (bicyclic) bond motifs is 1. The first kappa shape index (κ1) is 20.0. The number of hydrogen-bond acceptors (Lipinski definition) is 5. The van der Waals surface area contributed by atoms with Crippen LogP contribution in [0.4, 0.5) is 0 Å². The van der Waals surface area contributed by atoms with Crippen molar-refractivity contribution in [3.63, 3.8) is 0 Å². The SMILES string of the molecule is COc1ccc(C2=C\C(=O)N3C=C(NC4CCNCC4)C=C\C3=C/C=C/2)cc1OC. The smallest absolute Gasteiger partial charge is 0.255 e. The van der Waals surface area contributed by atoms with Crippen LogP contribution in [0.5, 0.6) is 11.5 Å². The number of carbonyl (C=O) groups excluding carboxylic acids is 1. The van der Waals surface area contributed by atoms with Gasteiger partial charge in [0.1, 0.15) is 0 Å². The standard InChI is InChI=1S/C24H27N3O3/c1-29-22-9-6-18(14-23(22)30-2)17-4-3-5-21-8-7-20(16-27(21)24(28)15-17)26-19-10-12-25-13-11-19/h3-9,14-16,19,25-26H,10-13H2,1-2H3/b4-3+,17-15+,21-5+. The fourth-order valence-corrected chi connectivity index (χ4v) is 3.82. The second-order valence-electron chi connectivity index (χ2n) is 7.41. The number of ether oxygens (including phenoxy) is 2. The normalized spacial score (nSPS) is 23.7. The lowest BCUT2D eigenvalue weighted by molar-refractivity contribution is -0.122. The summed E-state index contributed by atoms with van der Waals surface area (Å²) in [6.07, 6.45) is 15.5. The van der Waals surface area contributed by atoms with Crippen LogP contribution in [0.1, 0.15) is 18.4 Å². The van der Waals surface area contributed by atoms with Crippen molar-refractivity contribution in [1.29, 1.82) is 0 Å². The van der Waals surface area contributed by atoms with Crippen molar-refractivity contribution in [2.75, 3.05) is 27.3 Å². The Morgan fingerprint density at radius 2 is 1.87 bits per heavy atom. The van der Waals surface area contributed by atoms with E-state index in [0.717, 1.165) is 48.5 Å². The number of carbonyl (C=O) groups is 1. The third kappa shape index (κ3) is 4.33. The average molecular weight is 405 g/mol. The summed E-state index contributed by atoms with van der Waals surface area (Å²) in [5.74, 6) is 1.19. The molecule has 2 N–H and O–H groups in total. The number of nitrogens with one attached hydrogen (secondary N) is 2. The van der Waals surface area contributed by atoms with Crippen LogP contribution in [0, 0.1) is 0 Å². The second-order valence-corrected chi connectivity index (χ2v) is 7.41. The van der Waals surface area contributed by atoms with Gasteiger partial charge >= 0.3 is 0 Å². The van der Waals surface area contributed by atoms with Gasteiger partial charge in [-0.05, 0) is 67.4 Å². The van der Waals surface area contributed by atoms with Crippen molar-refractivity contribution in [2.24, 2.45) is 0 Å². The van der Waals surface area contributed by atoms with Gasteiger partial charge in [-0.3, -0.25) is 9.69 Å². The van der Waals surface area contributed by atoms with Crippen LogP contribution in [-0.4, -0.2) is 44.2 Å². The molecule has 3 aliphatic rings. The van der Waals surface area contributed by atoms with Gasteiger partial charge in [-0.15, -0.1) is 0 Å². The number of rotatable bonds is 5. The first-order chi connectivity index (χ1) is 14.7. The molecule has 3 heterocycles. The number of nitrogens with zero attached hydrogens (tertiary/aromatic N) is 1. The maximum atomic E-state index is 13.1. The first-order valence-corrected chi connectivity index (χ1v) is 10.2. The molecule has 0 aliphatic carbocycles. The van der Waals surface area contributed by atoms with E-state index < -0.39 is 0 Å². The summed E-state index contributed by atoms with van der Waals surface area (Å²) in [6, 6.07) is 6.07. The number of piperidine rings is 1. The van der Waals surface area contributed by atoms with Crippen LogP contribution in [-0.2, 0) is 4.79 Å². The molecule has 30 heavy (non-hydrogen) atoms. The van der Waals surface area contributed by atoms with Gasteiger partial charge in [0, 0.05) is 24.0 Å². The Hall–Kier alpha value is -3.25. The number of benzene rings is 1. The molecular weight excluding hydrogens is 378 g/mol. The van der Waals surface area contributed by atoms with Gasteiger partial charge in [0.25, 0.3) is 5.91 Å². The van der Waals surface area contributed by atoms with Crippen LogP contribution >= 0.6 is 0 Å². The fraction of sp³-hybridized carbons (Fsp3) is 0.292. The molecule has 0 radical (unpaired) electrons. The highest BCUT2D eigenvalue weighted by Crippen LogP contribution is 2.31. The van der Waals surface area contributed by atoms with E-state index in [1.807, 2.05) is 54.8 Å². The van der Waals surface area contributed by atoms with E-state index in [2.05, 4.69) is 10.6 Å². The predicted octanol–water partition coefficient (Wildman–Crippen LogP) is 3.12. The number of amides is 1. The predicted molar refractivity (Wildman–Crippen MR) is 118 cm³/mol. The van der Waals surface area contributed by atoms with Crippen molar-refractivity contribution in [3.8, 4) is 11.5 Å². The molecule has 156 valence electrons. The molecule has 1 amide bonds. The van der Waals surface area contributed by atoms with Gasteiger partial charge in [0.15, 0.2) is 11.5 Å². The summed E-state index contributed by atoms with van der Waals surface area (Å²) in [5, 5.41) is 6.93. The van der Waals surface area contributed by atoms with Gasteiger partial charge in [0.05, 0.1) is 19.9 Å². The average Bonchev–Trinajstić information content (AvgIpc) is 2.78. The van der Waals surface area contributed by atoms with E-state index in [4.69, 9.17) is 9.47 Å². The van der Waals surface area contributed by atoms with E-state index in [-0.39, 0.29) is 5.91 Å². The molecule has 3 aliphatic heterocycles. The molecule has 0 aromatic heterocycles. The third-order valence-corrected chi connectivity index (χ3v) is 5.47. The quantitative estimate of drug-likeness (QED) is 0.788. The minimum atomic E-state index is -0.0932. The highest BCUT2D eigenvalue weighted by Gasteiger charge is 2.20. The van der Waals surface area contributed by atoms with Gasteiger partial charge in [0.2, 0.25) is 0 Å². The van der Waals surface area contributed by atoms with Crippen molar-refractivity contribution in [2.45, 2.75) is 18.9 Å². The topological polar surface area (TPSA) is 62.8 Å². The lowest BCUT2D eigenvalue weighted by atomic mass is 10.0. The summed E-state index contributed by atoms with van der Waals surface area (Å²) in [4.78, 5) is 14.8. The molecule has 0 bridgehead atoms. The minimum Gasteiger partial charge on any atom is -0.493 e. The second kappa shape index (κ2) is 9.05. The monoisotopic (exact) mass is 405 g/mol. The molecule has 0 spiro atoms. The summed E-state index contributed by atoms with van der Waals surface area (Å²) < 4.78 is 10.7. The zero-order valence-electron chi connectivity index (χ0n) is 17.4. The minimum absolute atomic E-state index is 0.0932. The lowest BCUT2D eigenvalue weighted by Crippen LogP contribution is -2.40. The van der Waals surface area contributed by atoms with Crippen molar-refractivity contribution in [3.05, 3.63) is 77.8 Å². The van der Waals surface area contributed by atoms with Gasteiger partial charge < -0.3 is 20.1 Å². The zero-order chi connectivity index (χ0) is 20.9. The van der Waals surface area contributed by atoms with E-state index in [0.29, 0.717) is 17.5 Å². The highest BCUT2D eigenvalue weighted by atomic mass is 16.5. The molecule has 1 fully saturated rings. The van der Waals surface area contributed by atoms with E-state index in [1.165, 1.54) is 0 Å². The Balaban J connectivity index is 1.59. The Morgan fingerprint density at radius 3 is 2.63 bits per heavy atom. The van der Waals surface area contributed by atoms with Crippen LogP contribution in [0.2, 0.25) is 0 Å². The van der Waals surface area contributed by atoms with E-state index >= 15 is 0 Å². The van der Waals surface area contributed by atoms with Crippen LogP contribution in [0.25, 0.3) is 5.57 Å². The molecule has 0 unspecified atom stereocenters. The van der Waals surface area contributed by atoms with Gasteiger partial charge in [-0.25, -0.2) is 0 Å². The Bertz CT molecular complexity index is 966. The Kier molecular flexibility index (Phi) is 6.05. The fourth-order valence-electron chi connectivity index (χ4n) is 3.82. The maximum Gasteiger partial charge on any atom is 0.255 e. The summed E-state index contributed by atoms with van der Waals surface area (Å²) >= 11 is 0. The lowest BCUT2D eigenvalue weighted by Gasteiger charge is -2.29. The number of hydrogen-bond donors (Lipinski definition) is 2. The van der Waals surface area contributed by atoms with E-state index in [9.17, 15) is 4.79 Å². The molecule has 6 heteroatoms. The summed E-state index contributed by atoms with van der Waals surface area (Å²) in [7, 11) is 3.21. The van der Waals surface area contributed by atoms with Crippen molar-refractivity contribution >= 4 is 11.5 Å². The van der Waals surface area contributed by atoms with Gasteiger partial charge in [-0.2, -0.15) is 0 Å². The van der Waals surface area contributed by atoms with Gasteiger partial charge in [-0.1, -0.05) is 18.2 Å². The first-order valence-electron chi connectivity index (χ1n) is 10.2. The van der Waals surface area contributed by atoms with Crippen LogP contribution in [0.15, 0.2) is 72.2 Å². The number of methoxy groups -OCH3 is 2. The largest absolute Gasteiger partial charge is 0.493 e. The molecule has 1 aromatic rings. The van der Waals surface area contributed by atoms with E-state index in [1.54, 1.807) is 25.2 Å². The maximum absolute atomic E-state index is 13.1. The molecule has 0 saturated carbocycles. The molecule has 1 aromatic carbocycles. The molecular formula is C24H27N3O3.